The summed E-state index contributed by atoms with van der Waals surface area (Å²) in [6.07, 6.45) is 2.36. The van der Waals surface area contributed by atoms with Crippen LogP contribution in [-0.4, -0.2) is 20.0 Å². The Morgan fingerprint density at radius 1 is 1.13 bits per heavy atom. The second kappa shape index (κ2) is 9.24. The monoisotopic (exact) mass is 555 g/mol. The molecular formula is C22H23Br2NO4S. The fraction of sp³-hybridized carbons (Fsp3) is 0.318. The molecule has 30 heavy (non-hydrogen) atoms. The van der Waals surface area contributed by atoms with Gasteiger partial charge < -0.3 is 8.92 Å². The van der Waals surface area contributed by atoms with Gasteiger partial charge in [-0.2, -0.15) is 8.42 Å². The molecule has 5 nitrogen and oxygen atoms in total. The van der Waals surface area contributed by atoms with E-state index in [-0.39, 0.29) is 16.6 Å². The zero-order valence-corrected chi connectivity index (χ0v) is 21.2. The van der Waals surface area contributed by atoms with Crippen LogP contribution in [0.2, 0.25) is 0 Å². The van der Waals surface area contributed by atoms with Gasteiger partial charge in [-0.1, -0.05) is 42.8 Å². The van der Waals surface area contributed by atoms with Gasteiger partial charge in [0.15, 0.2) is 5.75 Å². The van der Waals surface area contributed by atoms with Gasteiger partial charge in [-0.05, 0) is 70.6 Å². The number of rotatable bonds is 7. The average Bonchev–Trinajstić information content (AvgIpc) is 2.69. The van der Waals surface area contributed by atoms with Crippen molar-refractivity contribution < 1.29 is 17.3 Å². The maximum Gasteiger partial charge on any atom is 0.343 e. The molecular weight excluding hydrogens is 534 g/mol. The first-order valence-electron chi connectivity index (χ1n) is 9.60. The molecule has 2 aromatic carbocycles. The van der Waals surface area contributed by atoms with Crippen LogP contribution in [-0.2, 0) is 10.1 Å². The van der Waals surface area contributed by atoms with Gasteiger partial charge in [-0.3, -0.25) is 4.98 Å². The van der Waals surface area contributed by atoms with E-state index < -0.39 is 10.1 Å². The van der Waals surface area contributed by atoms with Crippen LogP contribution < -0.4 is 8.92 Å². The van der Waals surface area contributed by atoms with Crippen molar-refractivity contribution in [1.82, 2.24) is 4.98 Å². The number of aromatic nitrogens is 1. The summed E-state index contributed by atoms with van der Waals surface area (Å²) in [6.45, 7) is 8.38. The minimum Gasteiger partial charge on any atom is -0.492 e. The van der Waals surface area contributed by atoms with Gasteiger partial charge in [-0.25, -0.2) is 0 Å². The number of nitrogens with zero attached hydrogens (tertiary/aromatic N) is 1. The first-order chi connectivity index (χ1) is 14.2. The predicted octanol–water partition coefficient (Wildman–Crippen LogP) is 6.75. The van der Waals surface area contributed by atoms with E-state index in [2.05, 4.69) is 36.8 Å². The van der Waals surface area contributed by atoms with Gasteiger partial charge in [0, 0.05) is 16.1 Å². The van der Waals surface area contributed by atoms with Gasteiger partial charge in [0.25, 0.3) is 0 Å². The summed E-state index contributed by atoms with van der Waals surface area (Å²) in [6, 6.07) is 8.80. The molecule has 0 bridgehead atoms. The highest BCUT2D eigenvalue weighted by molar-refractivity contribution is 9.11. The Morgan fingerprint density at radius 3 is 2.53 bits per heavy atom. The third-order valence-electron chi connectivity index (χ3n) is 4.63. The Balaban J connectivity index is 2.17. The highest BCUT2D eigenvalue weighted by atomic mass is 79.9. The number of benzene rings is 2. The summed E-state index contributed by atoms with van der Waals surface area (Å²) in [5.41, 5.74) is 2.35. The number of hydrogen-bond donors (Lipinski definition) is 0. The van der Waals surface area contributed by atoms with Crippen molar-refractivity contribution >= 4 is 52.9 Å². The van der Waals surface area contributed by atoms with Crippen LogP contribution >= 0.6 is 31.9 Å². The molecule has 0 aliphatic heterocycles. The second-order valence-electron chi connectivity index (χ2n) is 7.27. The smallest absolute Gasteiger partial charge is 0.343 e. The zero-order valence-electron chi connectivity index (χ0n) is 17.2. The molecule has 0 saturated heterocycles. The van der Waals surface area contributed by atoms with Crippen LogP contribution in [0.5, 0.6) is 11.5 Å². The number of aryl methyl sites for hydroxylation is 1. The Labute approximate surface area is 194 Å². The maximum atomic E-state index is 13.4. The molecule has 0 aliphatic carbocycles. The molecule has 0 radical (unpaired) electrons. The number of hydrogen-bond acceptors (Lipinski definition) is 5. The zero-order chi connectivity index (χ0) is 22.1. The van der Waals surface area contributed by atoms with Gasteiger partial charge in [-0.15, -0.1) is 0 Å². The van der Waals surface area contributed by atoms with Crippen molar-refractivity contribution in [3.05, 3.63) is 56.6 Å². The summed E-state index contributed by atoms with van der Waals surface area (Å²) < 4.78 is 39.5. The van der Waals surface area contributed by atoms with Crippen LogP contribution in [0.1, 0.15) is 44.2 Å². The Hall–Kier alpha value is -1.64. The number of halogens is 2. The van der Waals surface area contributed by atoms with E-state index in [0.29, 0.717) is 22.3 Å². The lowest BCUT2D eigenvalue weighted by molar-refractivity contribution is 0.307. The van der Waals surface area contributed by atoms with Gasteiger partial charge >= 0.3 is 10.1 Å². The Kier molecular flexibility index (Phi) is 7.09. The van der Waals surface area contributed by atoms with Crippen LogP contribution in [0.3, 0.4) is 0 Å². The average molecular weight is 557 g/mol. The molecule has 0 amide bonds. The van der Waals surface area contributed by atoms with Crippen molar-refractivity contribution in [1.29, 1.82) is 0 Å². The highest BCUT2D eigenvalue weighted by Crippen LogP contribution is 2.40. The van der Waals surface area contributed by atoms with E-state index in [9.17, 15) is 8.42 Å². The molecule has 3 rings (SSSR count). The molecule has 0 spiro atoms. The van der Waals surface area contributed by atoms with E-state index in [4.69, 9.17) is 8.92 Å². The fourth-order valence-electron chi connectivity index (χ4n) is 3.20. The topological polar surface area (TPSA) is 65.5 Å². The first kappa shape index (κ1) is 23.0. The normalized spacial score (nSPS) is 11.8. The van der Waals surface area contributed by atoms with E-state index in [0.717, 1.165) is 27.4 Å². The summed E-state index contributed by atoms with van der Waals surface area (Å²) in [7, 11) is -4.18. The number of fused-ring (bicyclic) bond motifs is 1. The maximum absolute atomic E-state index is 13.4. The summed E-state index contributed by atoms with van der Waals surface area (Å²) >= 11 is 6.90. The summed E-state index contributed by atoms with van der Waals surface area (Å²) in [5, 5.41) is 0.750. The quantitative estimate of drug-likeness (QED) is 0.301. The van der Waals surface area contributed by atoms with Crippen molar-refractivity contribution in [2.24, 2.45) is 0 Å². The lowest BCUT2D eigenvalue weighted by Crippen LogP contribution is -2.14. The predicted molar refractivity (Wildman–Crippen MR) is 126 cm³/mol. The van der Waals surface area contributed by atoms with Gasteiger partial charge in [0.1, 0.15) is 16.2 Å². The van der Waals surface area contributed by atoms with Crippen LogP contribution in [0.4, 0.5) is 0 Å². The molecule has 1 heterocycles. The molecule has 0 aliphatic rings. The lowest BCUT2D eigenvalue weighted by Gasteiger charge is -2.18. The minimum atomic E-state index is -4.18. The van der Waals surface area contributed by atoms with Gasteiger partial charge in [0.05, 0.1) is 11.1 Å². The summed E-state index contributed by atoms with van der Waals surface area (Å²) in [5.74, 6) is 0.590. The van der Waals surface area contributed by atoms with E-state index >= 15 is 0 Å². The van der Waals surface area contributed by atoms with E-state index in [1.807, 2.05) is 33.8 Å². The summed E-state index contributed by atoms with van der Waals surface area (Å²) in [4.78, 5) is 4.35. The van der Waals surface area contributed by atoms with Gasteiger partial charge in [0.2, 0.25) is 0 Å². The molecule has 0 N–H and O–H groups in total. The van der Waals surface area contributed by atoms with Crippen LogP contribution in [0.25, 0.3) is 10.9 Å². The Bertz CT molecular complexity index is 1190. The van der Waals surface area contributed by atoms with E-state index in [1.54, 1.807) is 30.5 Å². The third-order valence-corrected chi connectivity index (χ3v) is 7.12. The molecule has 160 valence electrons. The standard InChI is InChI=1S/C22H23Br2NO4S/c1-5-9-28-19-10-14(4)16(13(2)3)11-20(19)30(26,27)29-22-18(24)12-17(23)15-7-6-8-25-21(15)22/h6-8,10-13H,5,9H2,1-4H3. The molecule has 0 saturated carbocycles. The molecule has 0 fully saturated rings. The minimum absolute atomic E-state index is 0.0177. The van der Waals surface area contributed by atoms with Crippen molar-refractivity contribution in [2.45, 2.75) is 44.9 Å². The fourth-order valence-corrected chi connectivity index (χ4v) is 5.77. The lowest BCUT2D eigenvalue weighted by atomic mass is 9.98. The number of pyridine rings is 1. The largest absolute Gasteiger partial charge is 0.492 e. The van der Waals surface area contributed by atoms with Crippen LogP contribution in [0, 0.1) is 6.92 Å². The first-order valence-corrected chi connectivity index (χ1v) is 12.6. The van der Waals surface area contributed by atoms with Crippen LogP contribution in [0.15, 0.2) is 50.4 Å². The van der Waals surface area contributed by atoms with Crippen molar-refractivity contribution in [3.63, 3.8) is 0 Å². The molecule has 8 heteroatoms. The Morgan fingerprint density at radius 2 is 1.87 bits per heavy atom. The molecule has 0 unspecified atom stereocenters. The SMILES string of the molecule is CCCOc1cc(C)c(C(C)C)cc1S(=O)(=O)Oc1c(Br)cc(Br)c2cccnc12. The second-order valence-corrected chi connectivity index (χ2v) is 10.5. The molecule has 3 aromatic rings. The van der Waals surface area contributed by atoms with E-state index in [1.165, 1.54) is 0 Å². The molecule has 1 aromatic heterocycles. The van der Waals surface area contributed by atoms with Crippen molar-refractivity contribution in [2.75, 3.05) is 6.61 Å². The molecule has 0 atom stereocenters. The number of ether oxygens (including phenoxy) is 1. The highest BCUT2D eigenvalue weighted by Gasteiger charge is 2.27. The van der Waals surface area contributed by atoms with Crippen molar-refractivity contribution in [3.8, 4) is 11.5 Å². The third kappa shape index (κ3) is 4.65.